The first-order valence-corrected chi connectivity index (χ1v) is 14.9. The maximum absolute atomic E-state index is 12.5. The average molecular weight is 540 g/mol. The van der Waals surface area contributed by atoms with Crippen molar-refractivity contribution in [3.05, 3.63) is 90.0 Å². The van der Waals surface area contributed by atoms with Crippen LogP contribution in [0.5, 0.6) is 0 Å². The quantitative estimate of drug-likeness (QED) is 0.154. The molecule has 5 nitrogen and oxygen atoms in total. The standard InChI is InChI=1S/C28H30ClN3O2S2/c1-2-3-20-32-27(23-13-8-5-9-14-23)26(22-11-6-4-7-12-22)31-28(32)35-21-10-19-30-36(33,34)25-17-15-24(29)16-18-25/h4-9,11-18,30H,2-3,10,19-21H2,1H3. The summed E-state index contributed by atoms with van der Waals surface area (Å²) in [5.74, 6) is 0.745. The van der Waals surface area contributed by atoms with E-state index in [1.54, 1.807) is 23.9 Å². The second-order valence-corrected chi connectivity index (χ2v) is 11.6. The summed E-state index contributed by atoms with van der Waals surface area (Å²) in [7, 11) is -3.56. The van der Waals surface area contributed by atoms with Gasteiger partial charge in [0, 0.05) is 35.0 Å². The highest BCUT2D eigenvalue weighted by Gasteiger charge is 2.20. The Kier molecular flexibility index (Phi) is 9.26. The first-order chi connectivity index (χ1) is 17.5. The molecule has 1 aromatic heterocycles. The second-order valence-electron chi connectivity index (χ2n) is 8.38. The van der Waals surface area contributed by atoms with Crippen LogP contribution in [0.4, 0.5) is 0 Å². The van der Waals surface area contributed by atoms with Gasteiger partial charge < -0.3 is 4.57 Å². The van der Waals surface area contributed by atoms with Crippen LogP contribution in [0.3, 0.4) is 0 Å². The molecule has 0 saturated heterocycles. The molecule has 0 aliphatic carbocycles. The van der Waals surface area contributed by atoms with Gasteiger partial charge in [-0.15, -0.1) is 0 Å². The summed E-state index contributed by atoms with van der Waals surface area (Å²) in [6.45, 7) is 3.42. The third-order valence-electron chi connectivity index (χ3n) is 5.73. The van der Waals surface area contributed by atoms with E-state index in [2.05, 4.69) is 52.6 Å². The van der Waals surface area contributed by atoms with Crippen molar-refractivity contribution in [1.29, 1.82) is 0 Å². The predicted octanol–water partition coefficient (Wildman–Crippen LogP) is 7.13. The Hall–Kier alpha value is -2.58. The summed E-state index contributed by atoms with van der Waals surface area (Å²) in [4.78, 5) is 5.30. The largest absolute Gasteiger partial charge is 0.318 e. The summed E-state index contributed by atoms with van der Waals surface area (Å²) < 4.78 is 30.1. The van der Waals surface area contributed by atoms with Gasteiger partial charge in [-0.25, -0.2) is 18.1 Å². The highest BCUT2D eigenvalue weighted by molar-refractivity contribution is 7.99. The fourth-order valence-electron chi connectivity index (χ4n) is 3.89. The molecule has 0 saturated carbocycles. The molecule has 0 aliphatic heterocycles. The van der Waals surface area contributed by atoms with Gasteiger partial charge >= 0.3 is 0 Å². The second kappa shape index (κ2) is 12.6. The lowest BCUT2D eigenvalue weighted by Gasteiger charge is -2.13. The number of nitrogens with zero attached hydrogens (tertiary/aromatic N) is 2. The van der Waals surface area contributed by atoms with Crippen molar-refractivity contribution in [2.45, 2.75) is 42.8 Å². The molecule has 4 rings (SSSR count). The van der Waals surface area contributed by atoms with E-state index in [9.17, 15) is 8.42 Å². The zero-order valence-corrected chi connectivity index (χ0v) is 22.6. The van der Waals surface area contributed by atoms with Crippen LogP contribution in [-0.4, -0.2) is 30.3 Å². The van der Waals surface area contributed by atoms with E-state index in [-0.39, 0.29) is 4.90 Å². The van der Waals surface area contributed by atoms with Crippen LogP contribution in [0.2, 0.25) is 5.02 Å². The van der Waals surface area contributed by atoms with Gasteiger partial charge in [-0.3, -0.25) is 0 Å². The lowest BCUT2D eigenvalue weighted by Crippen LogP contribution is -2.25. The molecule has 0 atom stereocenters. The highest BCUT2D eigenvalue weighted by Crippen LogP contribution is 2.36. The van der Waals surface area contributed by atoms with Crippen molar-refractivity contribution in [1.82, 2.24) is 14.3 Å². The molecule has 1 heterocycles. The van der Waals surface area contributed by atoms with Gasteiger partial charge in [-0.05, 0) is 37.1 Å². The first-order valence-electron chi connectivity index (χ1n) is 12.1. The van der Waals surface area contributed by atoms with E-state index < -0.39 is 10.0 Å². The smallest absolute Gasteiger partial charge is 0.240 e. The number of unbranched alkanes of at least 4 members (excludes halogenated alkanes) is 1. The van der Waals surface area contributed by atoms with Crippen molar-refractivity contribution in [2.75, 3.05) is 12.3 Å². The summed E-state index contributed by atoms with van der Waals surface area (Å²) in [5.41, 5.74) is 4.33. The molecular weight excluding hydrogens is 510 g/mol. The Balaban J connectivity index is 1.52. The molecule has 4 aromatic rings. The molecule has 0 amide bonds. The minimum absolute atomic E-state index is 0.217. The number of halogens is 1. The normalized spacial score (nSPS) is 11.6. The molecule has 1 N–H and O–H groups in total. The number of sulfonamides is 1. The third-order valence-corrected chi connectivity index (χ3v) is 8.52. The van der Waals surface area contributed by atoms with Gasteiger partial charge in [0.15, 0.2) is 5.16 Å². The zero-order chi connectivity index (χ0) is 25.4. The van der Waals surface area contributed by atoms with Gasteiger partial charge in [-0.1, -0.05) is 97.4 Å². The third kappa shape index (κ3) is 6.59. The van der Waals surface area contributed by atoms with Crippen LogP contribution in [0.25, 0.3) is 22.5 Å². The highest BCUT2D eigenvalue weighted by atomic mass is 35.5. The van der Waals surface area contributed by atoms with Crippen LogP contribution in [-0.2, 0) is 16.6 Å². The maximum Gasteiger partial charge on any atom is 0.240 e. The van der Waals surface area contributed by atoms with E-state index in [0.717, 1.165) is 52.8 Å². The summed E-state index contributed by atoms with van der Waals surface area (Å²) in [6, 6.07) is 26.9. The monoisotopic (exact) mass is 539 g/mol. The molecule has 3 aromatic carbocycles. The maximum atomic E-state index is 12.5. The van der Waals surface area contributed by atoms with Gasteiger partial charge in [-0.2, -0.15) is 0 Å². The van der Waals surface area contributed by atoms with Crippen molar-refractivity contribution in [3.63, 3.8) is 0 Å². The molecule has 0 radical (unpaired) electrons. The Morgan fingerprint density at radius 1 is 0.889 bits per heavy atom. The lowest BCUT2D eigenvalue weighted by atomic mass is 10.0. The Morgan fingerprint density at radius 3 is 2.17 bits per heavy atom. The summed E-state index contributed by atoms with van der Waals surface area (Å²) in [6.07, 6.45) is 2.82. The molecule has 36 heavy (non-hydrogen) atoms. The van der Waals surface area contributed by atoms with Crippen LogP contribution in [0.1, 0.15) is 26.2 Å². The molecule has 0 aliphatic rings. The topological polar surface area (TPSA) is 64.0 Å². The van der Waals surface area contributed by atoms with E-state index in [0.29, 0.717) is 18.0 Å². The number of rotatable bonds is 12. The fraction of sp³-hybridized carbons (Fsp3) is 0.250. The van der Waals surface area contributed by atoms with Crippen molar-refractivity contribution >= 4 is 33.4 Å². The summed E-state index contributed by atoms with van der Waals surface area (Å²) in [5, 5.41) is 1.47. The van der Waals surface area contributed by atoms with Gasteiger partial charge in [0.2, 0.25) is 10.0 Å². The Bertz CT molecular complexity index is 1360. The molecule has 188 valence electrons. The van der Waals surface area contributed by atoms with E-state index in [1.807, 2.05) is 24.3 Å². The number of aromatic nitrogens is 2. The van der Waals surface area contributed by atoms with Gasteiger partial charge in [0.1, 0.15) is 0 Å². The Labute approximate surface area is 223 Å². The molecule has 0 bridgehead atoms. The van der Waals surface area contributed by atoms with Gasteiger partial charge in [0.25, 0.3) is 0 Å². The van der Waals surface area contributed by atoms with Crippen molar-refractivity contribution in [2.24, 2.45) is 0 Å². The predicted molar refractivity (Wildman–Crippen MR) is 150 cm³/mol. The number of imidazole rings is 1. The minimum atomic E-state index is -3.56. The van der Waals surface area contributed by atoms with Crippen LogP contribution < -0.4 is 4.72 Å². The fourth-order valence-corrected chi connectivity index (χ4v) is 6.06. The first kappa shape index (κ1) is 26.5. The van der Waals surface area contributed by atoms with E-state index >= 15 is 0 Å². The average Bonchev–Trinajstić information content (AvgIpc) is 3.26. The number of thioether (sulfide) groups is 1. The number of hydrogen-bond donors (Lipinski definition) is 1. The van der Waals surface area contributed by atoms with Crippen molar-refractivity contribution in [3.8, 4) is 22.5 Å². The molecule has 0 unspecified atom stereocenters. The number of hydrogen-bond acceptors (Lipinski definition) is 4. The number of benzene rings is 3. The van der Waals surface area contributed by atoms with Crippen molar-refractivity contribution < 1.29 is 8.42 Å². The molecule has 8 heteroatoms. The van der Waals surface area contributed by atoms with Crippen LogP contribution in [0.15, 0.2) is 95.0 Å². The molecular formula is C28H30ClN3O2S2. The van der Waals surface area contributed by atoms with Crippen LogP contribution in [0, 0.1) is 0 Å². The lowest BCUT2D eigenvalue weighted by molar-refractivity contribution is 0.581. The van der Waals surface area contributed by atoms with Gasteiger partial charge in [0.05, 0.1) is 16.3 Å². The zero-order valence-electron chi connectivity index (χ0n) is 20.2. The number of nitrogens with one attached hydrogen (secondary N) is 1. The summed E-state index contributed by atoms with van der Waals surface area (Å²) >= 11 is 7.54. The minimum Gasteiger partial charge on any atom is -0.318 e. The van der Waals surface area contributed by atoms with Crippen LogP contribution >= 0.6 is 23.4 Å². The van der Waals surface area contributed by atoms with E-state index in [4.69, 9.17) is 16.6 Å². The molecule has 0 spiro atoms. The Morgan fingerprint density at radius 2 is 1.53 bits per heavy atom. The van der Waals surface area contributed by atoms with E-state index in [1.165, 1.54) is 12.1 Å². The molecule has 0 fully saturated rings. The SMILES string of the molecule is CCCCn1c(SCCCNS(=O)(=O)c2ccc(Cl)cc2)nc(-c2ccccc2)c1-c1ccccc1.